The van der Waals surface area contributed by atoms with E-state index in [1.165, 1.54) is 32.5 Å². The molecule has 0 aromatic carbocycles. The zero-order valence-corrected chi connectivity index (χ0v) is 13.4. The van der Waals surface area contributed by atoms with Crippen molar-refractivity contribution in [2.24, 2.45) is 11.3 Å². The Hall–Kier alpha value is -0.120. The highest BCUT2D eigenvalue weighted by molar-refractivity contribution is 4.80. The minimum atomic E-state index is 0.303. The molecule has 0 aromatic heterocycles. The summed E-state index contributed by atoms with van der Waals surface area (Å²) in [5.74, 6) is 0.780. The molecule has 1 aliphatic heterocycles. The first kappa shape index (κ1) is 16.9. The van der Waals surface area contributed by atoms with Gasteiger partial charge in [-0.15, -0.1) is 0 Å². The molecule has 114 valence electrons. The van der Waals surface area contributed by atoms with Crippen molar-refractivity contribution < 1.29 is 5.11 Å². The molecule has 0 amide bonds. The highest BCUT2D eigenvalue weighted by Crippen LogP contribution is 2.22. The third-order valence-corrected chi connectivity index (χ3v) is 4.09. The predicted octanol–water partition coefficient (Wildman–Crippen LogP) is 2.50. The number of nitrogens with one attached hydrogen (secondary N) is 1. The fourth-order valence-corrected chi connectivity index (χ4v) is 2.90. The first-order chi connectivity index (χ1) is 8.93. The zero-order chi connectivity index (χ0) is 14.3. The van der Waals surface area contributed by atoms with E-state index in [2.05, 4.69) is 37.9 Å². The second kappa shape index (κ2) is 8.23. The SMILES string of the molecule is CC(C)CN1CCC(NCC(C)(C)CCCO)CC1. The van der Waals surface area contributed by atoms with E-state index in [1.54, 1.807) is 0 Å². The summed E-state index contributed by atoms with van der Waals surface area (Å²) in [5.41, 5.74) is 0.303. The lowest BCUT2D eigenvalue weighted by Gasteiger charge is -2.35. The molecule has 1 heterocycles. The standard InChI is InChI=1S/C16H34N2O/c1-14(2)12-18-9-6-15(7-10-18)17-13-16(3,4)8-5-11-19/h14-15,17,19H,5-13H2,1-4H3. The molecule has 0 saturated carbocycles. The molecule has 0 radical (unpaired) electrons. The van der Waals surface area contributed by atoms with Crippen LogP contribution in [0.25, 0.3) is 0 Å². The predicted molar refractivity (Wildman–Crippen MR) is 82.4 cm³/mol. The van der Waals surface area contributed by atoms with Crippen LogP contribution in [0.15, 0.2) is 0 Å². The van der Waals surface area contributed by atoms with Gasteiger partial charge in [-0.25, -0.2) is 0 Å². The fraction of sp³-hybridized carbons (Fsp3) is 1.00. The molecular formula is C16H34N2O. The van der Waals surface area contributed by atoms with Crippen LogP contribution in [0.1, 0.15) is 53.4 Å². The minimum Gasteiger partial charge on any atom is -0.396 e. The van der Waals surface area contributed by atoms with E-state index in [-0.39, 0.29) is 0 Å². The van der Waals surface area contributed by atoms with Gasteiger partial charge in [0, 0.05) is 25.7 Å². The van der Waals surface area contributed by atoms with Crippen molar-refractivity contribution in [3.63, 3.8) is 0 Å². The van der Waals surface area contributed by atoms with Crippen molar-refractivity contribution in [3.8, 4) is 0 Å². The summed E-state index contributed by atoms with van der Waals surface area (Å²) in [6.07, 6.45) is 4.58. The van der Waals surface area contributed by atoms with Crippen LogP contribution < -0.4 is 5.32 Å². The lowest BCUT2D eigenvalue weighted by atomic mass is 9.87. The van der Waals surface area contributed by atoms with Crippen molar-refractivity contribution in [2.75, 3.05) is 32.8 Å². The van der Waals surface area contributed by atoms with E-state index in [9.17, 15) is 0 Å². The fourth-order valence-electron chi connectivity index (χ4n) is 2.90. The van der Waals surface area contributed by atoms with E-state index in [0.29, 0.717) is 18.1 Å². The summed E-state index contributed by atoms with van der Waals surface area (Å²) in [6, 6.07) is 0.691. The molecule has 1 rings (SSSR count). The van der Waals surface area contributed by atoms with E-state index in [1.807, 2.05) is 0 Å². The van der Waals surface area contributed by atoms with Gasteiger partial charge in [0.15, 0.2) is 0 Å². The number of piperidine rings is 1. The van der Waals surface area contributed by atoms with E-state index in [4.69, 9.17) is 5.11 Å². The van der Waals surface area contributed by atoms with Gasteiger partial charge in [-0.1, -0.05) is 27.7 Å². The van der Waals surface area contributed by atoms with Crippen LogP contribution in [0.2, 0.25) is 0 Å². The van der Waals surface area contributed by atoms with Gasteiger partial charge in [0.05, 0.1) is 0 Å². The summed E-state index contributed by atoms with van der Waals surface area (Å²) >= 11 is 0. The minimum absolute atomic E-state index is 0.303. The third-order valence-electron chi connectivity index (χ3n) is 4.09. The Morgan fingerprint density at radius 1 is 1.26 bits per heavy atom. The molecule has 0 bridgehead atoms. The van der Waals surface area contributed by atoms with E-state index >= 15 is 0 Å². The molecule has 0 aliphatic carbocycles. The number of aliphatic hydroxyl groups is 1. The lowest BCUT2D eigenvalue weighted by Crippen LogP contribution is -2.45. The van der Waals surface area contributed by atoms with Crippen LogP contribution in [-0.4, -0.2) is 48.8 Å². The number of rotatable bonds is 8. The van der Waals surface area contributed by atoms with Crippen molar-refractivity contribution >= 4 is 0 Å². The van der Waals surface area contributed by atoms with Crippen molar-refractivity contribution in [1.29, 1.82) is 0 Å². The monoisotopic (exact) mass is 270 g/mol. The Kier molecular flexibility index (Phi) is 7.33. The summed E-state index contributed by atoms with van der Waals surface area (Å²) in [4.78, 5) is 2.60. The number of hydrogen-bond donors (Lipinski definition) is 2. The number of hydrogen-bond acceptors (Lipinski definition) is 3. The maximum absolute atomic E-state index is 8.92. The van der Waals surface area contributed by atoms with Gasteiger partial charge in [-0.3, -0.25) is 0 Å². The Bertz CT molecular complexity index is 233. The van der Waals surface area contributed by atoms with Gasteiger partial charge < -0.3 is 15.3 Å². The largest absolute Gasteiger partial charge is 0.396 e. The normalized spacial score (nSPS) is 19.3. The second-order valence-corrected chi connectivity index (χ2v) is 7.34. The molecule has 3 heteroatoms. The maximum Gasteiger partial charge on any atom is 0.0431 e. The second-order valence-electron chi connectivity index (χ2n) is 7.34. The van der Waals surface area contributed by atoms with Crippen molar-refractivity contribution in [3.05, 3.63) is 0 Å². The van der Waals surface area contributed by atoms with Crippen molar-refractivity contribution in [2.45, 2.75) is 59.4 Å². The molecule has 3 nitrogen and oxygen atoms in total. The Morgan fingerprint density at radius 3 is 2.42 bits per heavy atom. The van der Waals surface area contributed by atoms with Crippen LogP contribution in [0.4, 0.5) is 0 Å². The lowest BCUT2D eigenvalue weighted by molar-refractivity contribution is 0.168. The van der Waals surface area contributed by atoms with Crippen LogP contribution in [0.5, 0.6) is 0 Å². The van der Waals surface area contributed by atoms with Gasteiger partial charge in [-0.05, 0) is 50.1 Å². The molecule has 0 atom stereocenters. The van der Waals surface area contributed by atoms with Gasteiger partial charge in [0.2, 0.25) is 0 Å². The Morgan fingerprint density at radius 2 is 1.89 bits per heavy atom. The van der Waals surface area contributed by atoms with Gasteiger partial charge in [-0.2, -0.15) is 0 Å². The van der Waals surface area contributed by atoms with Gasteiger partial charge in [0.25, 0.3) is 0 Å². The first-order valence-corrected chi connectivity index (χ1v) is 7.99. The molecular weight excluding hydrogens is 236 g/mol. The van der Waals surface area contributed by atoms with Crippen LogP contribution in [-0.2, 0) is 0 Å². The molecule has 2 N–H and O–H groups in total. The molecule has 1 aliphatic rings. The summed E-state index contributed by atoms with van der Waals surface area (Å²) < 4.78 is 0. The summed E-state index contributed by atoms with van der Waals surface area (Å²) in [5, 5.41) is 12.7. The molecule has 0 aromatic rings. The summed E-state index contributed by atoms with van der Waals surface area (Å²) in [6.45, 7) is 14.3. The van der Waals surface area contributed by atoms with Gasteiger partial charge >= 0.3 is 0 Å². The average molecular weight is 270 g/mol. The Balaban J connectivity index is 2.18. The maximum atomic E-state index is 8.92. The molecule has 0 unspecified atom stereocenters. The zero-order valence-electron chi connectivity index (χ0n) is 13.4. The number of likely N-dealkylation sites (tertiary alicyclic amines) is 1. The van der Waals surface area contributed by atoms with E-state index in [0.717, 1.165) is 25.3 Å². The smallest absolute Gasteiger partial charge is 0.0431 e. The summed E-state index contributed by atoms with van der Waals surface area (Å²) in [7, 11) is 0. The topological polar surface area (TPSA) is 35.5 Å². The van der Waals surface area contributed by atoms with Crippen LogP contribution in [0, 0.1) is 11.3 Å². The highest BCUT2D eigenvalue weighted by Gasteiger charge is 2.22. The highest BCUT2D eigenvalue weighted by atomic mass is 16.2. The molecule has 1 fully saturated rings. The quantitative estimate of drug-likeness (QED) is 0.711. The third kappa shape index (κ3) is 7.28. The molecule has 1 saturated heterocycles. The van der Waals surface area contributed by atoms with Gasteiger partial charge in [0.1, 0.15) is 0 Å². The average Bonchev–Trinajstić information content (AvgIpc) is 2.35. The number of aliphatic hydroxyl groups excluding tert-OH is 1. The first-order valence-electron chi connectivity index (χ1n) is 7.99. The number of nitrogens with zero attached hydrogens (tertiary/aromatic N) is 1. The van der Waals surface area contributed by atoms with Crippen LogP contribution in [0.3, 0.4) is 0 Å². The van der Waals surface area contributed by atoms with Crippen LogP contribution >= 0.6 is 0 Å². The van der Waals surface area contributed by atoms with E-state index < -0.39 is 0 Å². The Labute approximate surface area is 119 Å². The van der Waals surface area contributed by atoms with Crippen molar-refractivity contribution in [1.82, 2.24) is 10.2 Å². The molecule has 19 heavy (non-hydrogen) atoms. The molecule has 0 spiro atoms.